The summed E-state index contributed by atoms with van der Waals surface area (Å²) in [5.74, 6) is 0. The summed E-state index contributed by atoms with van der Waals surface area (Å²) in [7, 11) is 0. The number of alkyl halides is 3. The zero-order chi connectivity index (χ0) is 19.1. The van der Waals surface area contributed by atoms with E-state index < -0.39 is 23.8 Å². The van der Waals surface area contributed by atoms with Crippen LogP contribution in [0.5, 0.6) is 0 Å². The van der Waals surface area contributed by atoms with Crippen LogP contribution in [0.15, 0.2) is 30.5 Å². The Morgan fingerprint density at radius 1 is 1.30 bits per heavy atom. The Labute approximate surface area is 153 Å². The maximum absolute atomic E-state index is 13.0. The lowest BCUT2D eigenvalue weighted by Gasteiger charge is -2.54. The number of hydrogen-bond donors (Lipinski definition) is 3. The van der Waals surface area contributed by atoms with E-state index in [1.54, 1.807) is 0 Å². The molecule has 6 nitrogen and oxygen atoms in total. The van der Waals surface area contributed by atoms with Crippen LogP contribution in [0.2, 0.25) is 0 Å². The van der Waals surface area contributed by atoms with Gasteiger partial charge in [-0.25, -0.2) is 4.79 Å². The van der Waals surface area contributed by atoms with Crippen LogP contribution in [0, 0.1) is 5.41 Å². The van der Waals surface area contributed by atoms with Gasteiger partial charge in [-0.15, -0.1) is 5.10 Å². The van der Waals surface area contributed by atoms with E-state index in [9.17, 15) is 18.0 Å². The molecular formula is C18H20F3N5O. The van der Waals surface area contributed by atoms with E-state index in [4.69, 9.17) is 0 Å². The van der Waals surface area contributed by atoms with Crippen molar-refractivity contribution in [3.8, 4) is 0 Å². The number of amides is 2. The summed E-state index contributed by atoms with van der Waals surface area (Å²) < 4.78 is 39.1. The van der Waals surface area contributed by atoms with Crippen LogP contribution in [-0.2, 0) is 6.18 Å². The second kappa shape index (κ2) is 6.54. The number of H-pyrrole nitrogens is 1. The molecule has 2 aliphatic rings. The van der Waals surface area contributed by atoms with Gasteiger partial charge in [0.1, 0.15) is 11.7 Å². The van der Waals surface area contributed by atoms with Gasteiger partial charge in [0.25, 0.3) is 0 Å². The predicted octanol–water partition coefficient (Wildman–Crippen LogP) is 3.54. The molecule has 2 saturated carbocycles. The Morgan fingerprint density at radius 3 is 2.67 bits per heavy atom. The summed E-state index contributed by atoms with van der Waals surface area (Å²) >= 11 is 0. The Morgan fingerprint density at radius 2 is 2.07 bits per heavy atom. The number of carbonyl (C=O) groups excluding carboxylic acids is 1. The Hall–Kier alpha value is -2.58. The summed E-state index contributed by atoms with van der Waals surface area (Å²) in [6.07, 6.45) is 2.63. The molecule has 1 spiro atoms. The first-order valence-electron chi connectivity index (χ1n) is 8.95. The summed E-state index contributed by atoms with van der Waals surface area (Å²) in [4.78, 5) is 12.4. The number of rotatable bonds is 4. The van der Waals surface area contributed by atoms with Gasteiger partial charge in [-0.05, 0) is 48.8 Å². The highest BCUT2D eigenvalue weighted by Gasteiger charge is 2.48. The molecule has 1 unspecified atom stereocenters. The molecule has 2 fully saturated rings. The minimum absolute atomic E-state index is 0.116. The SMILES string of the molecule is O=C(NC1CC2(CCC2)C1)NC(c1cccc(C(F)(F)F)c1)c1c[nH]nn1. The highest BCUT2D eigenvalue weighted by molar-refractivity contribution is 5.75. The molecule has 0 saturated heterocycles. The molecule has 1 atom stereocenters. The van der Waals surface area contributed by atoms with E-state index in [1.165, 1.54) is 37.6 Å². The third-order valence-corrected chi connectivity index (χ3v) is 5.66. The Balaban J connectivity index is 1.48. The number of benzene rings is 1. The smallest absolute Gasteiger partial charge is 0.335 e. The topological polar surface area (TPSA) is 82.7 Å². The van der Waals surface area contributed by atoms with Crippen molar-refractivity contribution in [2.45, 2.75) is 50.4 Å². The van der Waals surface area contributed by atoms with Gasteiger partial charge in [-0.2, -0.15) is 13.2 Å². The van der Waals surface area contributed by atoms with E-state index >= 15 is 0 Å². The van der Waals surface area contributed by atoms with Crippen molar-refractivity contribution in [1.29, 1.82) is 0 Å². The van der Waals surface area contributed by atoms with Crippen LogP contribution in [0.4, 0.5) is 18.0 Å². The quantitative estimate of drug-likeness (QED) is 0.760. The first-order valence-corrected chi connectivity index (χ1v) is 8.95. The molecule has 0 radical (unpaired) electrons. The second-order valence-electron chi connectivity index (χ2n) is 7.53. The summed E-state index contributed by atoms with van der Waals surface area (Å²) in [5.41, 5.74) is 0.276. The van der Waals surface area contributed by atoms with Crippen molar-refractivity contribution in [2.24, 2.45) is 5.41 Å². The third kappa shape index (κ3) is 3.63. The van der Waals surface area contributed by atoms with E-state index in [0.717, 1.165) is 25.0 Å². The highest BCUT2D eigenvalue weighted by Crippen LogP contribution is 2.55. The summed E-state index contributed by atoms with van der Waals surface area (Å²) in [6, 6.07) is 3.73. The zero-order valence-electron chi connectivity index (χ0n) is 14.5. The zero-order valence-corrected chi connectivity index (χ0v) is 14.5. The first kappa shape index (κ1) is 17.8. The third-order valence-electron chi connectivity index (χ3n) is 5.66. The largest absolute Gasteiger partial charge is 0.416 e. The second-order valence-corrected chi connectivity index (χ2v) is 7.53. The lowest BCUT2D eigenvalue weighted by molar-refractivity contribution is -0.137. The number of aromatic amines is 1. The number of nitrogens with zero attached hydrogens (tertiary/aromatic N) is 2. The summed E-state index contributed by atoms with van der Waals surface area (Å²) in [6.45, 7) is 0. The Kier molecular flexibility index (Phi) is 4.32. The van der Waals surface area contributed by atoms with Crippen molar-refractivity contribution in [1.82, 2.24) is 26.0 Å². The first-order chi connectivity index (χ1) is 12.8. The number of hydrogen-bond acceptors (Lipinski definition) is 3. The molecule has 0 bridgehead atoms. The molecule has 1 aromatic heterocycles. The van der Waals surface area contributed by atoms with Crippen molar-refractivity contribution < 1.29 is 18.0 Å². The highest BCUT2D eigenvalue weighted by atomic mass is 19.4. The van der Waals surface area contributed by atoms with Crippen LogP contribution >= 0.6 is 0 Å². The molecule has 3 N–H and O–H groups in total. The summed E-state index contributed by atoms with van der Waals surface area (Å²) in [5, 5.41) is 15.7. The molecule has 2 aliphatic carbocycles. The van der Waals surface area contributed by atoms with Gasteiger partial charge in [-0.3, -0.25) is 5.10 Å². The molecule has 1 heterocycles. The predicted molar refractivity (Wildman–Crippen MR) is 90.6 cm³/mol. The van der Waals surface area contributed by atoms with Crippen LogP contribution in [0.25, 0.3) is 0 Å². The monoisotopic (exact) mass is 379 g/mol. The molecule has 27 heavy (non-hydrogen) atoms. The lowest BCUT2D eigenvalue weighted by Crippen LogP contribution is -2.55. The van der Waals surface area contributed by atoms with Crippen LogP contribution < -0.4 is 10.6 Å². The van der Waals surface area contributed by atoms with E-state index in [1.807, 2.05) is 0 Å². The number of aromatic nitrogens is 3. The average molecular weight is 379 g/mol. The molecule has 4 rings (SSSR count). The van der Waals surface area contributed by atoms with Crippen molar-refractivity contribution in [3.05, 3.63) is 47.3 Å². The molecule has 9 heteroatoms. The fraction of sp³-hybridized carbons (Fsp3) is 0.500. The van der Waals surface area contributed by atoms with Gasteiger partial charge in [0.05, 0.1) is 5.56 Å². The normalized spacial score (nSPS) is 19.8. The number of nitrogens with one attached hydrogen (secondary N) is 3. The van der Waals surface area contributed by atoms with Gasteiger partial charge in [0.15, 0.2) is 0 Å². The maximum Gasteiger partial charge on any atom is 0.416 e. The number of urea groups is 1. The standard InChI is InChI=1S/C18H20F3N5O/c19-18(20,21)12-4-1-3-11(7-12)15(14-10-22-26-25-14)24-16(27)23-13-8-17(9-13)5-2-6-17/h1,3-4,7,10,13,15H,2,5-6,8-9H2,(H,22,25,26)(H2,23,24,27). The van der Waals surface area contributed by atoms with E-state index in [2.05, 4.69) is 26.0 Å². The molecule has 2 aromatic rings. The van der Waals surface area contributed by atoms with E-state index in [-0.39, 0.29) is 11.6 Å². The minimum atomic E-state index is -4.46. The lowest BCUT2D eigenvalue weighted by atomic mass is 9.54. The van der Waals surface area contributed by atoms with Crippen LogP contribution in [0.1, 0.15) is 55.0 Å². The number of carbonyl (C=O) groups is 1. The van der Waals surface area contributed by atoms with Crippen molar-refractivity contribution in [2.75, 3.05) is 0 Å². The van der Waals surface area contributed by atoms with Gasteiger partial charge in [0.2, 0.25) is 0 Å². The van der Waals surface area contributed by atoms with Gasteiger partial charge < -0.3 is 10.6 Å². The minimum Gasteiger partial charge on any atom is -0.335 e. The van der Waals surface area contributed by atoms with Gasteiger partial charge in [-0.1, -0.05) is 23.8 Å². The fourth-order valence-corrected chi connectivity index (χ4v) is 4.10. The molecule has 0 aliphatic heterocycles. The fourth-order valence-electron chi connectivity index (χ4n) is 4.10. The average Bonchev–Trinajstić information content (AvgIpc) is 3.07. The Bertz CT molecular complexity index is 809. The van der Waals surface area contributed by atoms with Crippen LogP contribution in [0.3, 0.4) is 0 Å². The van der Waals surface area contributed by atoms with Crippen molar-refractivity contribution >= 4 is 6.03 Å². The van der Waals surface area contributed by atoms with Gasteiger partial charge >= 0.3 is 12.2 Å². The maximum atomic E-state index is 13.0. The van der Waals surface area contributed by atoms with Crippen molar-refractivity contribution in [3.63, 3.8) is 0 Å². The molecule has 1 aromatic carbocycles. The molecule has 2 amide bonds. The van der Waals surface area contributed by atoms with E-state index in [0.29, 0.717) is 11.1 Å². The molecular weight excluding hydrogens is 359 g/mol. The van der Waals surface area contributed by atoms with Crippen LogP contribution in [-0.4, -0.2) is 27.5 Å². The number of halogens is 3. The van der Waals surface area contributed by atoms with Gasteiger partial charge in [0, 0.05) is 12.2 Å². The molecule has 144 valence electrons.